The molecule has 36 rings (SSSR count). The maximum Gasteiger partial charge on any atom is 0.141 e. The van der Waals surface area contributed by atoms with Crippen LogP contribution in [-0.4, -0.2) is 19.9 Å². The molecule has 16 aliphatic rings. The summed E-state index contributed by atoms with van der Waals surface area (Å²) in [6.45, 7) is 0. The van der Waals surface area contributed by atoms with Crippen LogP contribution >= 0.6 is 0 Å². The number of hydrogen-bond donors (Lipinski definition) is 0. The van der Waals surface area contributed by atoms with Crippen molar-refractivity contribution in [2.24, 2.45) is 0 Å². The maximum absolute atomic E-state index is 4.90. The number of hydrogen-bond acceptors (Lipinski definition) is 8. The highest BCUT2D eigenvalue weighted by atomic mass is 15.2. The summed E-state index contributed by atoms with van der Waals surface area (Å²) in [4.78, 5) is 28.7. The molecule has 0 spiro atoms. The fourth-order valence-electron chi connectivity index (χ4n) is 28.7. The van der Waals surface area contributed by atoms with Crippen molar-refractivity contribution in [1.29, 1.82) is 0 Å². The van der Waals surface area contributed by atoms with Crippen molar-refractivity contribution in [2.45, 2.75) is 103 Å². The summed E-state index contributed by atoms with van der Waals surface area (Å²) in [6.07, 6.45) is 27.8. The van der Waals surface area contributed by atoms with Gasteiger partial charge in [-0.15, -0.1) is 0 Å². The van der Waals surface area contributed by atoms with E-state index in [2.05, 4.69) is 339 Å². The van der Waals surface area contributed by atoms with E-state index in [0.717, 1.165) is 109 Å². The number of pyridine rings is 4. The van der Waals surface area contributed by atoms with E-state index in [1.807, 2.05) is 31.0 Å². The Morgan fingerprint density at radius 3 is 0.864 bits per heavy atom. The van der Waals surface area contributed by atoms with E-state index in [4.69, 9.17) is 9.97 Å². The topological polar surface area (TPSA) is 64.5 Å². The average molecular weight is 1790 g/mol. The van der Waals surface area contributed by atoms with Crippen LogP contribution in [0.5, 0.6) is 0 Å². The van der Waals surface area contributed by atoms with Gasteiger partial charge in [0, 0.05) is 82.4 Å². The van der Waals surface area contributed by atoms with Crippen LogP contribution in [0.4, 0.5) is 68.4 Å². The monoisotopic (exact) mass is 1780 g/mol. The lowest BCUT2D eigenvalue weighted by atomic mass is 9.83. The van der Waals surface area contributed by atoms with Crippen molar-refractivity contribution in [3.8, 4) is 89.0 Å². The Bertz CT molecular complexity index is 8090. The van der Waals surface area contributed by atoms with Crippen molar-refractivity contribution in [1.82, 2.24) is 19.9 Å². The zero-order valence-corrected chi connectivity index (χ0v) is 77.2. The van der Waals surface area contributed by atoms with Gasteiger partial charge in [-0.05, 0) is 367 Å². The highest BCUT2D eigenvalue weighted by Gasteiger charge is 2.45. The predicted molar refractivity (Wildman–Crippen MR) is 564 cm³/mol. The van der Waals surface area contributed by atoms with Gasteiger partial charge in [0.15, 0.2) is 0 Å². The summed E-state index contributed by atoms with van der Waals surface area (Å²) in [6, 6.07) is 114. The number of anilines is 12. The molecule has 0 saturated carbocycles. The van der Waals surface area contributed by atoms with Gasteiger partial charge in [-0.1, -0.05) is 249 Å². The van der Waals surface area contributed by atoms with E-state index >= 15 is 0 Å². The average Bonchev–Trinajstić information content (AvgIpc) is 1.49. The molecular formula is C132H88N8. The van der Waals surface area contributed by atoms with Crippen LogP contribution in [0.1, 0.15) is 178 Å². The number of nitrogens with zero attached hydrogens (tertiary/aromatic N) is 8. The molecule has 16 aromatic carbocycles. The van der Waals surface area contributed by atoms with E-state index in [-0.39, 0.29) is 0 Å². The number of fused-ring (bicyclic) bond motifs is 48. The Balaban J connectivity index is 0.0000000829. The molecule has 0 atom stereocenters. The fraction of sp³-hybridized carbons (Fsp3) is 0.121. The lowest BCUT2D eigenvalue weighted by Gasteiger charge is -2.40. The van der Waals surface area contributed by atoms with Crippen LogP contribution in [0.2, 0.25) is 0 Å². The summed E-state index contributed by atoms with van der Waals surface area (Å²) in [7, 11) is 0. The zero-order chi connectivity index (χ0) is 90.7. The lowest BCUT2D eigenvalue weighted by molar-refractivity contribution is 0.971. The van der Waals surface area contributed by atoms with Gasteiger partial charge in [-0.25, -0.2) is 4.98 Å². The standard InChI is InChI=1S/4C33H22N2/c1-2-9-26-19(5-1)15-20-10-11-22-16-21-12-13-28-27(30(21)31(22)29(20)26)18-24-7-3-6-23-17-25-8-4-14-34-33(25)35(28)32(23)24;1-2-8-25-19(5-1)15-20-10-11-22-16-21-12-13-28-26(31(21)32(22)30(20)25)17-23-6-3-7-24-18-27-29(9-4-14-34-27)35(28)33(23)24;1-2-7-26-19(4-1)14-21-8-9-23-16-22-10-11-28-27(31(22)32(23)30(21)26)17-25-6-3-5-24-15-20-12-13-34-18-29(20)35(28)33(24)25;1-2-7-26-19(4-1)14-20-8-9-22-15-21-10-11-29-27(31(21)32(22)30(20)26)17-24-6-3-5-23-16-25-18-34-13-12-28(25)35(29)33(23)24/h2*1-14H,15-18H2;2*1-13,18H,14-17H2. The van der Waals surface area contributed by atoms with Crippen molar-refractivity contribution in [2.75, 3.05) is 19.6 Å². The third kappa shape index (κ3) is 10.6. The minimum absolute atomic E-state index is 0.906. The summed E-state index contributed by atoms with van der Waals surface area (Å²) < 4.78 is 0. The van der Waals surface area contributed by atoms with Crippen molar-refractivity contribution < 1.29 is 0 Å². The fourth-order valence-corrected chi connectivity index (χ4v) is 28.7. The molecule has 0 amide bonds. The summed E-state index contributed by atoms with van der Waals surface area (Å²) in [5, 5.41) is 0. The first-order valence-corrected chi connectivity index (χ1v) is 50.3. The molecule has 0 radical (unpaired) electrons. The van der Waals surface area contributed by atoms with Gasteiger partial charge in [-0.2, -0.15) is 0 Å². The van der Waals surface area contributed by atoms with Crippen LogP contribution in [0, 0.1) is 0 Å². The van der Waals surface area contributed by atoms with Gasteiger partial charge in [0.1, 0.15) is 5.82 Å². The van der Waals surface area contributed by atoms with Gasteiger partial charge in [-0.3, -0.25) is 19.9 Å². The predicted octanol–water partition coefficient (Wildman–Crippen LogP) is 30.0. The molecule has 0 saturated heterocycles. The second-order valence-corrected chi connectivity index (χ2v) is 41.4. The summed E-state index contributed by atoms with van der Waals surface area (Å²) in [5.74, 6) is 1.09. The highest BCUT2D eigenvalue weighted by Crippen LogP contribution is 2.64. The van der Waals surface area contributed by atoms with Gasteiger partial charge in [0.2, 0.25) is 0 Å². The molecule has 20 aromatic rings. The normalized spacial score (nSPS) is 14.9. The van der Waals surface area contributed by atoms with E-state index < -0.39 is 0 Å². The van der Waals surface area contributed by atoms with Crippen LogP contribution in [0.15, 0.2) is 340 Å². The molecule has 0 bridgehead atoms. The van der Waals surface area contributed by atoms with Gasteiger partial charge in [0.05, 0.1) is 74.5 Å². The molecule has 0 fully saturated rings. The molecule has 656 valence electrons. The minimum Gasteiger partial charge on any atom is -0.309 e. The first kappa shape index (κ1) is 76.5. The molecule has 8 aliphatic carbocycles. The van der Waals surface area contributed by atoms with Crippen molar-refractivity contribution >= 4 is 68.4 Å². The van der Waals surface area contributed by atoms with Gasteiger partial charge < -0.3 is 14.7 Å². The Labute approximate surface area is 812 Å². The van der Waals surface area contributed by atoms with E-state index in [0.29, 0.717) is 0 Å². The second kappa shape index (κ2) is 28.5. The molecule has 0 unspecified atom stereocenters. The molecule has 12 heterocycles. The third-order valence-corrected chi connectivity index (χ3v) is 34.3. The van der Waals surface area contributed by atoms with E-state index in [1.54, 1.807) is 0 Å². The van der Waals surface area contributed by atoms with Crippen molar-refractivity contribution in [3.05, 3.63) is 519 Å². The smallest absolute Gasteiger partial charge is 0.141 e. The summed E-state index contributed by atoms with van der Waals surface area (Å²) in [5.41, 5.74) is 83.9. The molecule has 8 heteroatoms. The summed E-state index contributed by atoms with van der Waals surface area (Å²) >= 11 is 0. The number of aromatic nitrogens is 4. The quantitative estimate of drug-likeness (QED) is 0.149. The molecule has 140 heavy (non-hydrogen) atoms. The third-order valence-electron chi connectivity index (χ3n) is 34.3. The molecular weight excluding hydrogens is 1700 g/mol. The van der Waals surface area contributed by atoms with Crippen LogP contribution in [-0.2, 0) is 103 Å². The van der Waals surface area contributed by atoms with Crippen LogP contribution < -0.4 is 19.6 Å². The maximum atomic E-state index is 4.90. The molecule has 0 N–H and O–H groups in total. The highest BCUT2D eigenvalue weighted by molar-refractivity contribution is 6.07. The van der Waals surface area contributed by atoms with Crippen LogP contribution in [0.25, 0.3) is 89.0 Å². The number of rotatable bonds is 0. The second-order valence-electron chi connectivity index (χ2n) is 41.4. The SMILES string of the molecule is c1ccc2c(c1)Cc1ccc3c(c1-2)-c1c(ccc2c1Cc1cccc4c1N2c1cccnc1C4)C3.c1ccc2c(c1)Cc1ccc3c(c1-2)-c1c(ccc2c1Cc1cccc4c1N2c1ccncc1C4)C3.c1ccc2c(c1)Cc1ccc3c(c1-2)-c1c(ccc2c1Cc1cccc4c1N2c1cnccc1C4)C3.c1ccc2c(c1)Cc1ccc3c(c1-2)-c1c(ccc2c1Cc1cccc4c1N2c1ncccc1C4)C3. The number of para-hydroxylation sites is 4. The zero-order valence-electron chi connectivity index (χ0n) is 77.2. The Kier molecular flexibility index (Phi) is 15.6. The molecule has 8 nitrogen and oxygen atoms in total. The Morgan fingerprint density at radius 1 is 0.150 bits per heavy atom. The molecule has 4 aromatic heterocycles. The largest absolute Gasteiger partial charge is 0.309 e. The lowest BCUT2D eigenvalue weighted by Crippen LogP contribution is -2.26. The van der Waals surface area contributed by atoms with E-state index in [1.165, 1.54) is 330 Å². The Morgan fingerprint density at radius 2 is 0.436 bits per heavy atom. The van der Waals surface area contributed by atoms with Gasteiger partial charge in [0.25, 0.3) is 0 Å². The molecule has 8 aliphatic heterocycles. The van der Waals surface area contributed by atoms with E-state index in [9.17, 15) is 0 Å². The van der Waals surface area contributed by atoms with Gasteiger partial charge >= 0.3 is 0 Å². The minimum atomic E-state index is 0.906. The van der Waals surface area contributed by atoms with Crippen LogP contribution in [0.3, 0.4) is 0 Å². The number of benzene rings is 16. The first-order valence-electron chi connectivity index (χ1n) is 50.3. The Hall–Kier alpha value is -16.7. The first-order chi connectivity index (χ1) is 69.4. The van der Waals surface area contributed by atoms with Crippen molar-refractivity contribution in [3.63, 3.8) is 0 Å².